The van der Waals surface area contributed by atoms with Crippen molar-refractivity contribution < 1.29 is 9.47 Å². The lowest BCUT2D eigenvalue weighted by molar-refractivity contribution is 0.321. The minimum absolute atomic E-state index is 0. The summed E-state index contributed by atoms with van der Waals surface area (Å²) in [5.74, 6) is 2.49. The van der Waals surface area contributed by atoms with Gasteiger partial charge in [0.1, 0.15) is 11.5 Å². The van der Waals surface area contributed by atoms with Crippen LogP contribution in [0.1, 0.15) is 24.6 Å². The normalized spacial score (nSPS) is 16.6. The first kappa shape index (κ1) is 24.2. The third-order valence-corrected chi connectivity index (χ3v) is 4.90. The van der Waals surface area contributed by atoms with Gasteiger partial charge in [0.2, 0.25) is 0 Å². The Bertz CT molecular complexity index is 781. The van der Waals surface area contributed by atoms with Gasteiger partial charge < -0.3 is 20.1 Å². The van der Waals surface area contributed by atoms with Gasteiger partial charge in [-0.1, -0.05) is 6.07 Å². The Balaban J connectivity index is 0.00000320. The monoisotopic (exact) mass is 525 g/mol. The molecule has 1 aliphatic heterocycles. The molecule has 3 rings (SSSR count). The van der Waals surface area contributed by atoms with Crippen molar-refractivity contribution in [3.05, 3.63) is 53.9 Å². The molecule has 0 bridgehead atoms. The summed E-state index contributed by atoms with van der Waals surface area (Å²) in [6, 6.07) is 12.3. The smallest absolute Gasteiger partial charge is 0.191 e. The van der Waals surface area contributed by atoms with Gasteiger partial charge in [-0.05, 0) is 43.2 Å². The van der Waals surface area contributed by atoms with Crippen LogP contribution in [-0.2, 0) is 13.1 Å². The highest BCUT2D eigenvalue weighted by atomic mass is 127. The van der Waals surface area contributed by atoms with Gasteiger partial charge in [0.05, 0.1) is 26.5 Å². The molecular formula is C22H32IN5O2. The molecule has 0 spiro atoms. The zero-order valence-corrected chi connectivity index (χ0v) is 20.3. The molecule has 1 atom stereocenters. The van der Waals surface area contributed by atoms with Crippen molar-refractivity contribution in [3.63, 3.8) is 0 Å². The number of aromatic nitrogens is 1. The second kappa shape index (κ2) is 12.6. The van der Waals surface area contributed by atoms with Crippen molar-refractivity contribution in [1.82, 2.24) is 20.5 Å². The average Bonchev–Trinajstić information content (AvgIpc) is 3.19. The lowest BCUT2D eigenvalue weighted by Crippen LogP contribution is -2.44. The van der Waals surface area contributed by atoms with Crippen LogP contribution in [0.3, 0.4) is 0 Å². The number of methoxy groups -OCH3 is 2. The molecule has 0 radical (unpaired) electrons. The number of ether oxygens (including phenoxy) is 2. The fourth-order valence-electron chi connectivity index (χ4n) is 3.48. The number of halogens is 1. The fourth-order valence-corrected chi connectivity index (χ4v) is 3.48. The molecule has 164 valence electrons. The molecule has 2 N–H and O–H groups in total. The van der Waals surface area contributed by atoms with Crippen LogP contribution in [0, 0.1) is 0 Å². The van der Waals surface area contributed by atoms with Gasteiger partial charge in [-0.15, -0.1) is 24.0 Å². The van der Waals surface area contributed by atoms with E-state index in [2.05, 4.69) is 44.6 Å². The number of hydrogen-bond acceptors (Lipinski definition) is 5. The first-order valence-electron chi connectivity index (χ1n) is 10.1. The lowest BCUT2D eigenvalue weighted by Gasteiger charge is -2.19. The lowest BCUT2D eigenvalue weighted by atomic mass is 10.2. The number of benzene rings is 1. The molecule has 7 nitrogen and oxygen atoms in total. The molecule has 0 amide bonds. The van der Waals surface area contributed by atoms with E-state index in [4.69, 9.17) is 9.47 Å². The molecule has 1 aliphatic rings. The predicted octanol–water partition coefficient (Wildman–Crippen LogP) is 3.05. The van der Waals surface area contributed by atoms with Gasteiger partial charge in [-0.3, -0.25) is 9.88 Å². The first-order chi connectivity index (χ1) is 14.2. The minimum Gasteiger partial charge on any atom is -0.497 e. The van der Waals surface area contributed by atoms with Gasteiger partial charge in [-0.2, -0.15) is 0 Å². The molecule has 2 heterocycles. The molecule has 8 heteroatoms. The zero-order valence-electron chi connectivity index (χ0n) is 17.9. The van der Waals surface area contributed by atoms with E-state index in [0.717, 1.165) is 55.8 Å². The van der Waals surface area contributed by atoms with Crippen LogP contribution in [0.2, 0.25) is 0 Å². The minimum atomic E-state index is 0. The number of rotatable bonds is 8. The highest BCUT2D eigenvalue weighted by Gasteiger charge is 2.23. The third-order valence-electron chi connectivity index (χ3n) is 4.90. The van der Waals surface area contributed by atoms with Crippen LogP contribution in [-0.4, -0.2) is 55.7 Å². The zero-order chi connectivity index (χ0) is 20.5. The van der Waals surface area contributed by atoms with Crippen LogP contribution in [0.5, 0.6) is 11.5 Å². The van der Waals surface area contributed by atoms with Gasteiger partial charge in [-0.25, -0.2) is 4.99 Å². The van der Waals surface area contributed by atoms with Gasteiger partial charge in [0, 0.05) is 44.5 Å². The van der Waals surface area contributed by atoms with E-state index in [-0.39, 0.29) is 24.0 Å². The number of likely N-dealkylation sites (tertiary alicyclic amines) is 1. The van der Waals surface area contributed by atoms with E-state index >= 15 is 0 Å². The average molecular weight is 525 g/mol. The SMILES string of the molecule is CCNC(=NCc1ccccn1)NC1CCN(Cc2cc(OC)cc(OC)c2)C1.I. The van der Waals surface area contributed by atoms with E-state index < -0.39 is 0 Å². The summed E-state index contributed by atoms with van der Waals surface area (Å²) in [5.41, 5.74) is 2.15. The summed E-state index contributed by atoms with van der Waals surface area (Å²) >= 11 is 0. The molecule has 1 unspecified atom stereocenters. The largest absolute Gasteiger partial charge is 0.497 e. The highest BCUT2D eigenvalue weighted by molar-refractivity contribution is 14.0. The number of hydrogen-bond donors (Lipinski definition) is 2. The number of pyridine rings is 1. The summed E-state index contributed by atoms with van der Waals surface area (Å²) in [7, 11) is 3.36. The summed E-state index contributed by atoms with van der Waals surface area (Å²) in [6.07, 6.45) is 2.88. The van der Waals surface area contributed by atoms with E-state index in [1.54, 1.807) is 20.4 Å². The Kier molecular flexibility index (Phi) is 10.2. The van der Waals surface area contributed by atoms with Crippen molar-refractivity contribution in [1.29, 1.82) is 0 Å². The molecule has 0 saturated carbocycles. The van der Waals surface area contributed by atoms with Crippen molar-refractivity contribution in [2.75, 3.05) is 33.9 Å². The van der Waals surface area contributed by atoms with Crippen molar-refractivity contribution in [2.24, 2.45) is 4.99 Å². The van der Waals surface area contributed by atoms with Crippen molar-refractivity contribution >= 4 is 29.9 Å². The van der Waals surface area contributed by atoms with Crippen LogP contribution < -0.4 is 20.1 Å². The second-order valence-corrected chi connectivity index (χ2v) is 7.10. The van der Waals surface area contributed by atoms with Crippen LogP contribution in [0.25, 0.3) is 0 Å². The molecule has 1 saturated heterocycles. The fraction of sp³-hybridized carbons (Fsp3) is 0.455. The summed E-state index contributed by atoms with van der Waals surface area (Å²) in [5, 5.41) is 6.90. The summed E-state index contributed by atoms with van der Waals surface area (Å²) < 4.78 is 10.8. The Morgan fingerprint density at radius 3 is 2.60 bits per heavy atom. The molecule has 1 aromatic carbocycles. The topological polar surface area (TPSA) is 71.0 Å². The van der Waals surface area contributed by atoms with E-state index in [9.17, 15) is 0 Å². The molecule has 1 fully saturated rings. The Morgan fingerprint density at radius 1 is 1.20 bits per heavy atom. The van der Waals surface area contributed by atoms with Gasteiger partial charge in [0.25, 0.3) is 0 Å². The molecule has 30 heavy (non-hydrogen) atoms. The van der Waals surface area contributed by atoms with E-state index in [0.29, 0.717) is 12.6 Å². The maximum Gasteiger partial charge on any atom is 0.191 e. The van der Waals surface area contributed by atoms with Gasteiger partial charge in [0.15, 0.2) is 5.96 Å². The quantitative estimate of drug-likeness (QED) is 0.314. The van der Waals surface area contributed by atoms with Crippen LogP contribution in [0.15, 0.2) is 47.6 Å². The number of aliphatic imine (C=N–C) groups is 1. The summed E-state index contributed by atoms with van der Waals surface area (Å²) in [4.78, 5) is 11.5. The summed E-state index contributed by atoms with van der Waals surface area (Å²) in [6.45, 7) is 6.34. The number of guanidine groups is 1. The first-order valence-corrected chi connectivity index (χ1v) is 10.1. The van der Waals surface area contributed by atoms with Crippen LogP contribution in [0.4, 0.5) is 0 Å². The molecule has 0 aliphatic carbocycles. The third kappa shape index (κ3) is 7.32. The molecular weight excluding hydrogens is 493 g/mol. The van der Waals surface area contributed by atoms with Crippen molar-refractivity contribution in [2.45, 2.75) is 32.5 Å². The maximum atomic E-state index is 5.39. The predicted molar refractivity (Wildman–Crippen MR) is 131 cm³/mol. The van der Waals surface area contributed by atoms with E-state index in [1.807, 2.05) is 24.3 Å². The molecule has 1 aromatic heterocycles. The standard InChI is InChI=1S/C22H31N5O2.HI/c1-4-23-22(25-14-18-7-5-6-9-24-18)26-19-8-10-27(16-19)15-17-11-20(28-2)13-21(12-17)29-3;/h5-7,9,11-13,19H,4,8,10,14-16H2,1-3H3,(H2,23,25,26);1H. The van der Waals surface area contributed by atoms with Gasteiger partial charge >= 0.3 is 0 Å². The number of nitrogens with one attached hydrogen (secondary N) is 2. The Morgan fingerprint density at radius 2 is 1.97 bits per heavy atom. The Labute approximate surface area is 196 Å². The van der Waals surface area contributed by atoms with E-state index in [1.165, 1.54) is 5.56 Å². The number of nitrogens with zero attached hydrogens (tertiary/aromatic N) is 3. The van der Waals surface area contributed by atoms with Crippen LogP contribution >= 0.6 is 24.0 Å². The second-order valence-electron chi connectivity index (χ2n) is 7.10. The maximum absolute atomic E-state index is 5.39. The highest BCUT2D eigenvalue weighted by Crippen LogP contribution is 2.24. The molecule has 2 aromatic rings. The van der Waals surface area contributed by atoms with Crippen molar-refractivity contribution in [3.8, 4) is 11.5 Å². The Hall–Kier alpha value is -2.07.